The summed E-state index contributed by atoms with van der Waals surface area (Å²) in [4.78, 5) is 51.7. The molecule has 0 atom stereocenters. The Labute approximate surface area is 333 Å². The van der Waals surface area contributed by atoms with Crippen molar-refractivity contribution in [2.24, 2.45) is 11.3 Å². The van der Waals surface area contributed by atoms with Gasteiger partial charge >= 0.3 is 11.9 Å². The minimum atomic E-state index is -0.752. The number of benzene rings is 3. The van der Waals surface area contributed by atoms with Crippen molar-refractivity contribution in [3.8, 4) is 17.6 Å². The van der Waals surface area contributed by atoms with Crippen LogP contribution in [-0.4, -0.2) is 77.7 Å². The van der Waals surface area contributed by atoms with Gasteiger partial charge in [0, 0.05) is 48.1 Å². The standard InChI is InChI=1S/C43H43N5O6S2/c1-53-40(52)38-36(10-5-23-54-31-15-13-28(14-16-31)11-12-29-17-20-43(21-18-29)26-47(27-43)25-37(49)50)56-42(45-38)48-22-19-30-6-4-7-32(33(30)24-48)39(51)46-41-44-34-8-2-3-9-35(34)55-41/h2-4,6-9,13-16,29H,5,10,17-27H2,1H3,(H,49,50)(H,44,46,51). The molecule has 3 aliphatic rings. The van der Waals surface area contributed by atoms with Crippen LogP contribution in [0.1, 0.15) is 74.5 Å². The first-order chi connectivity index (χ1) is 27.2. The molecule has 1 saturated heterocycles. The Morgan fingerprint density at radius 1 is 1.00 bits per heavy atom. The fraction of sp³-hybridized carbons (Fsp3) is 0.372. The predicted molar refractivity (Wildman–Crippen MR) is 218 cm³/mol. The van der Waals surface area contributed by atoms with Crippen LogP contribution in [0.2, 0.25) is 0 Å². The van der Waals surface area contributed by atoms with E-state index in [1.807, 2.05) is 65.6 Å². The first kappa shape index (κ1) is 37.6. The van der Waals surface area contributed by atoms with Crippen LogP contribution in [0.5, 0.6) is 5.75 Å². The number of nitrogens with zero attached hydrogens (tertiary/aromatic N) is 4. The smallest absolute Gasteiger partial charge is 0.357 e. The van der Waals surface area contributed by atoms with Crippen LogP contribution in [0.4, 0.5) is 10.3 Å². The third-order valence-electron chi connectivity index (χ3n) is 11.0. The summed E-state index contributed by atoms with van der Waals surface area (Å²) in [5.41, 5.74) is 5.10. The van der Waals surface area contributed by atoms with Crippen LogP contribution in [0, 0.1) is 23.2 Å². The highest BCUT2D eigenvalue weighted by atomic mass is 32.1. The number of rotatable bonds is 11. The van der Waals surface area contributed by atoms with Gasteiger partial charge in [-0.3, -0.25) is 19.8 Å². The maximum absolute atomic E-state index is 13.5. The monoisotopic (exact) mass is 789 g/mol. The third-order valence-corrected chi connectivity index (χ3v) is 13.1. The lowest BCUT2D eigenvalue weighted by atomic mass is 9.66. The molecule has 5 aromatic rings. The molecule has 11 nitrogen and oxygen atoms in total. The predicted octanol–water partition coefficient (Wildman–Crippen LogP) is 7.29. The Bertz CT molecular complexity index is 2280. The number of carbonyl (C=O) groups is 3. The van der Waals surface area contributed by atoms with E-state index in [9.17, 15) is 14.4 Å². The molecule has 13 heteroatoms. The van der Waals surface area contributed by atoms with Gasteiger partial charge in [0.05, 0.1) is 30.5 Å². The lowest BCUT2D eigenvalue weighted by Gasteiger charge is -2.52. The zero-order valence-electron chi connectivity index (χ0n) is 31.2. The van der Waals surface area contributed by atoms with E-state index in [0.717, 1.165) is 87.9 Å². The van der Waals surface area contributed by atoms with Gasteiger partial charge < -0.3 is 19.5 Å². The number of thiazole rings is 2. The summed E-state index contributed by atoms with van der Waals surface area (Å²) in [7, 11) is 1.37. The van der Waals surface area contributed by atoms with Gasteiger partial charge in [0.2, 0.25) is 0 Å². The molecule has 8 rings (SSSR count). The summed E-state index contributed by atoms with van der Waals surface area (Å²) in [5.74, 6) is 6.52. The first-order valence-corrected chi connectivity index (χ1v) is 20.7. The number of carboxylic acid groups (broad SMARTS) is 1. The average molecular weight is 790 g/mol. The molecule has 0 bridgehead atoms. The van der Waals surface area contributed by atoms with E-state index in [0.29, 0.717) is 60.3 Å². The van der Waals surface area contributed by atoms with Crippen LogP contribution >= 0.6 is 22.7 Å². The second kappa shape index (κ2) is 16.4. The number of aromatic nitrogens is 2. The van der Waals surface area contributed by atoms with E-state index in [-0.39, 0.29) is 12.5 Å². The van der Waals surface area contributed by atoms with Crippen molar-refractivity contribution < 1.29 is 29.0 Å². The average Bonchev–Trinajstić information content (AvgIpc) is 3.82. The fourth-order valence-electron chi connectivity index (χ4n) is 8.09. The lowest BCUT2D eigenvalue weighted by Crippen LogP contribution is -2.58. The summed E-state index contributed by atoms with van der Waals surface area (Å²) in [6, 6.07) is 21.5. The molecule has 1 spiro atoms. The van der Waals surface area contributed by atoms with Crippen LogP contribution in [-0.2, 0) is 28.9 Å². The number of hydrogen-bond donors (Lipinski definition) is 2. The third kappa shape index (κ3) is 8.43. The molecule has 0 radical (unpaired) electrons. The molecule has 56 heavy (non-hydrogen) atoms. The number of fused-ring (bicyclic) bond motifs is 2. The number of para-hydroxylation sites is 1. The molecule has 1 saturated carbocycles. The largest absolute Gasteiger partial charge is 0.494 e. The van der Waals surface area contributed by atoms with Crippen molar-refractivity contribution >= 4 is 61.0 Å². The summed E-state index contributed by atoms with van der Waals surface area (Å²) >= 11 is 2.94. The molecule has 1 amide bonds. The topological polar surface area (TPSA) is 134 Å². The number of likely N-dealkylation sites (tertiary alicyclic amines) is 1. The van der Waals surface area contributed by atoms with Crippen molar-refractivity contribution in [2.45, 2.75) is 51.5 Å². The van der Waals surface area contributed by atoms with Crippen molar-refractivity contribution in [3.63, 3.8) is 0 Å². The molecule has 1 aliphatic carbocycles. The van der Waals surface area contributed by atoms with E-state index in [1.165, 1.54) is 29.8 Å². The highest BCUT2D eigenvalue weighted by Gasteiger charge is 2.45. The zero-order valence-corrected chi connectivity index (χ0v) is 32.8. The van der Waals surface area contributed by atoms with Crippen molar-refractivity contribution in [1.29, 1.82) is 0 Å². The SMILES string of the molecule is COC(=O)c1nc(N2CCc3cccc(C(=O)Nc4nc5ccccc5s4)c3C2)sc1CCCOc1ccc(C#CC2CCC3(CC2)CN(CC(=O)O)C3)cc1. The minimum Gasteiger partial charge on any atom is -0.494 e. The maximum atomic E-state index is 13.5. The Balaban J connectivity index is 0.844. The zero-order chi connectivity index (χ0) is 38.6. The maximum Gasteiger partial charge on any atom is 0.357 e. The number of hydrogen-bond acceptors (Lipinski definition) is 11. The number of carboxylic acids is 1. The second-order valence-electron chi connectivity index (χ2n) is 14.9. The molecule has 2 fully saturated rings. The molecule has 4 heterocycles. The van der Waals surface area contributed by atoms with E-state index >= 15 is 0 Å². The van der Waals surface area contributed by atoms with Gasteiger partial charge in [-0.2, -0.15) is 0 Å². The highest BCUT2D eigenvalue weighted by molar-refractivity contribution is 7.22. The van der Waals surface area contributed by atoms with Gasteiger partial charge in [-0.15, -0.1) is 11.3 Å². The molecule has 2 aromatic heterocycles. The van der Waals surface area contributed by atoms with Crippen molar-refractivity contribution in [2.75, 3.05) is 50.1 Å². The van der Waals surface area contributed by atoms with Crippen molar-refractivity contribution in [3.05, 3.63) is 99.6 Å². The van der Waals surface area contributed by atoms with Gasteiger partial charge in [-0.1, -0.05) is 47.4 Å². The number of aliphatic carboxylic acids is 1. The molecule has 3 aromatic carbocycles. The number of aryl methyl sites for hydroxylation is 1. The summed E-state index contributed by atoms with van der Waals surface area (Å²) < 4.78 is 12.2. The highest BCUT2D eigenvalue weighted by Crippen LogP contribution is 2.45. The Hall–Kier alpha value is -5.29. The number of amides is 1. The molecular formula is C43H43N5O6S2. The number of methoxy groups -OCH3 is 1. The summed E-state index contributed by atoms with van der Waals surface area (Å²) in [5, 5.41) is 13.3. The van der Waals surface area contributed by atoms with Crippen molar-refractivity contribution in [1.82, 2.24) is 14.9 Å². The quantitative estimate of drug-likeness (QED) is 0.0799. The molecule has 0 unspecified atom stereocenters. The van der Waals surface area contributed by atoms with Crippen LogP contribution in [0.15, 0.2) is 66.7 Å². The van der Waals surface area contributed by atoms with E-state index < -0.39 is 11.9 Å². The Morgan fingerprint density at radius 2 is 1.80 bits per heavy atom. The van der Waals surface area contributed by atoms with Gasteiger partial charge in [-0.05, 0) is 104 Å². The van der Waals surface area contributed by atoms with Crippen LogP contribution < -0.4 is 15.0 Å². The summed E-state index contributed by atoms with van der Waals surface area (Å²) in [6.07, 6.45) is 6.38. The number of ether oxygens (including phenoxy) is 2. The number of nitrogens with one attached hydrogen (secondary N) is 1. The van der Waals surface area contributed by atoms with Crippen LogP contribution in [0.25, 0.3) is 10.2 Å². The molecule has 288 valence electrons. The number of anilines is 2. The minimum absolute atomic E-state index is 0.141. The van der Waals surface area contributed by atoms with Crippen LogP contribution in [0.3, 0.4) is 0 Å². The summed E-state index contributed by atoms with van der Waals surface area (Å²) in [6.45, 7) is 3.60. The normalized spacial score (nSPS) is 16.4. The number of carbonyl (C=O) groups excluding carboxylic acids is 2. The lowest BCUT2D eigenvalue weighted by molar-refractivity contribution is -0.142. The first-order valence-electron chi connectivity index (χ1n) is 19.0. The Kier molecular flexibility index (Phi) is 11.0. The van der Waals surface area contributed by atoms with E-state index in [4.69, 9.17) is 19.6 Å². The second-order valence-corrected chi connectivity index (χ2v) is 17.0. The van der Waals surface area contributed by atoms with E-state index in [1.54, 1.807) is 0 Å². The van der Waals surface area contributed by atoms with Gasteiger partial charge in [0.1, 0.15) is 5.75 Å². The number of esters is 1. The molecule has 2 N–H and O–H groups in total. The molecular weight excluding hydrogens is 747 g/mol. The molecule has 2 aliphatic heterocycles. The van der Waals surface area contributed by atoms with Gasteiger partial charge in [0.15, 0.2) is 16.0 Å². The van der Waals surface area contributed by atoms with E-state index in [2.05, 4.69) is 33.1 Å². The van der Waals surface area contributed by atoms with Gasteiger partial charge in [0.25, 0.3) is 5.91 Å². The Morgan fingerprint density at radius 3 is 2.57 bits per heavy atom. The fourth-order valence-corrected chi connectivity index (χ4v) is 10.1. The van der Waals surface area contributed by atoms with Gasteiger partial charge in [-0.25, -0.2) is 14.8 Å².